The van der Waals surface area contributed by atoms with Crippen LogP contribution in [0, 0.1) is 0 Å². The number of hydrogen-bond donors (Lipinski definition) is 1. The van der Waals surface area contributed by atoms with Gasteiger partial charge in [0, 0.05) is 44.5 Å². The van der Waals surface area contributed by atoms with E-state index < -0.39 is 6.09 Å². The lowest BCUT2D eigenvalue weighted by Crippen LogP contribution is -2.56. The fourth-order valence-corrected chi connectivity index (χ4v) is 4.34. The molecule has 3 aromatic rings. The summed E-state index contributed by atoms with van der Waals surface area (Å²) in [6, 6.07) is 8.60. The Balaban J connectivity index is 1.55. The van der Waals surface area contributed by atoms with Crippen molar-refractivity contribution in [1.29, 1.82) is 0 Å². The van der Waals surface area contributed by atoms with Gasteiger partial charge in [0.15, 0.2) is 0 Å². The third-order valence-corrected chi connectivity index (χ3v) is 6.20. The molecule has 36 heavy (non-hydrogen) atoms. The van der Waals surface area contributed by atoms with Crippen molar-refractivity contribution in [3.8, 4) is 11.7 Å². The average molecular weight is 514 g/mol. The summed E-state index contributed by atoms with van der Waals surface area (Å²) in [6.45, 7) is 3.05. The summed E-state index contributed by atoms with van der Waals surface area (Å²) in [5.74, 6) is 1.47. The zero-order valence-corrected chi connectivity index (χ0v) is 21.1. The van der Waals surface area contributed by atoms with E-state index in [-0.39, 0.29) is 36.1 Å². The monoisotopic (exact) mass is 513 g/mol. The molecule has 12 heteroatoms. The molecule has 3 heterocycles. The lowest BCUT2D eigenvalue weighted by atomic mass is 10.1. The van der Waals surface area contributed by atoms with Crippen LogP contribution in [0.3, 0.4) is 0 Å². The first-order valence-electron chi connectivity index (χ1n) is 11.4. The predicted molar refractivity (Wildman–Crippen MR) is 133 cm³/mol. The van der Waals surface area contributed by atoms with E-state index >= 15 is 0 Å². The molecule has 1 aliphatic heterocycles. The Hall–Kier alpha value is -3.86. The van der Waals surface area contributed by atoms with E-state index in [0.717, 1.165) is 11.3 Å². The molecule has 1 saturated heterocycles. The largest absolute Gasteiger partial charge is 0.497 e. The number of nitrogens with zero attached hydrogens (tertiary/aromatic N) is 6. The van der Waals surface area contributed by atoms with Gasteiger partial charge in [0.05, 0.1) is 26.3 Å². The zero-order chi connectivity index (χ0) is 25.7. The first kappa shape index (κ1) is 25.2. The van der Waals surface area contributed by atoms with Crippen molar-refractivity contribution in [2.45, 2.75) is 25.4 Å². The zero-order valence-electron chi connectivity index (χ0n) is 20.3. The van der Waals surface area contributed by atoms with E-state index in [1.807, 2.05) is 36.1 Å². The summed E-state index contributed by atoms with van der Waals surface area (Å²) in [4.78, 5) is 41.9. The van der Waals surface area contributed by atoms with Gasteiger partial charge in [-0.1, -0.05) is 23.7 Å². The topological polar surface area (TPSA) is 115 Å². The molecule has 4 rings (SSSR count). The Kier molecular flexibility index (Phi) is 7.89. The van der Waals surface area contributed by atoms with E-state index in [4.69, 9.17) is 21.1 Å². The smallest absolute Gasteiger partial charge is 0.409 e. The number of nitrogens with one attached hydrogen (secondary N) is 1. The van der Waals surface area contributed by atoms with Gasteiger partial charge in [0.2, 0.25) is 11.9 Å². The van der Waals surface area contributed by atoms with Crippen LogP contribution in [0.25, 0.3) is 5.95 Å². The van der Waals surface area contributed by atoms with E-state index in [0.29, 0.717) is 24.9 Å². The number of hydrogen-bond acceptors (Lipinski definition) is 8. The Morgan fingerprint density at radius 3 is 2.78 bits per heavy atom. The highest BCUT2D eigenvalue weighted by Crippen LogP contribution is 2.25. The van der Waals surface area contributed by atoms with Gasteiger partial charge in [0.25, 0.3) is 0 Å². The van der Waals surface area contributed by atoms with Crippen LogP contribution in [0.2, 0.25) is 5.15 Å². The van der Waals surface area contributed by atoms with Crippen LogP contribution in [0.4, 0.5) is 10.6 Å². The molecule has 190 valence electrons. The Labute approximate surface area is 214 Å². The summed E-state index contributed by atoms with van der Waals surface area (Å²) in [7, 11) is 2.94. The van der Waals surface area contributed by atoms with Gasteiger partial charge in [0.1, 0.15) is 23.0 Å². The normalized spacial score (nSPS) is 16.4. The minimum Gasteiger partial charge on any atom is -0.497 e. The second-order valence-electron chi connectivity index (χ2n) is 8.35. The van der Waals surface area contributed by atoms with Gasteiger partial charge in [-0.2, -0.15) is 4.98 Å². The van der Waals surface area contributed by atoms with Gasteiger partial charge >= 0.3 is 6.09 Å². The number of anilines is 1. The van der Waals surface area contributed by atoms with E-state index in [1.54, 1.807) is 41.4 Å². The molecular formula is C24H28ClN7O4. The molecule has 0 bridgehead atoms. The molecule has 0 saturated carbocycles. The summed E-state index contributed by atoms with van der Waals surface area (Å²) < 4.78 is 11.9. The molecule has 2 atom stereocenters. The minimum atomic E-state index is -0.440. The number of imidazole rings is 1. The van der Waals surface area contributed by atoms with Crippen molar-refractivity contribution in [1.82, 2.24) is 29.7 Å². The van der Waals surface area contributed by atoms with Crippen molar-refractivity contribution in [2.75, 3.05) is 38.8 Å². The fraction of sp³-hybridized carbons (Fsp3) is 0.375. The number of benzene rings is 1. The van der Waals surface area contributed by atoms with Crippen LogP contribution in [0.15, 0.2) is 49.1 Å². The Morgan fingerprint density at radius 2 is 2.06 bits per heavy atom. The number of halogens is 1. The molecule has 2 unspecified atom stereocenters. The van der Waals surface area contributed by atoms with E-state index in [1.165, 1.54) is 7.11 Å². The number of aromatic nitrogens is 4. The number of ether oxygens (including phenoxy) is 2. The lowest BCUT2D eigenvalue weighted by Gasteiger charge is -2.41. The molecule has 0 radical (unpaired) electrons. The summed E-state index contributed by atoms with van der Waals surface area (Å²) in [6.07, 6.45) is 4.61. The SMILES string of the molecule is COC(=O)N1CCN(c2cc(Cl)nc(-n3ccnc3)n2)C(CC(=O)NC(C)c2cccc(OC)c2)C1. The minimum absolute atomic E-state index is 0.129. The van der Waals surface area contributed by atoms with Gasteiger partial charge in [-0.3, -0.25) is 9.36 Å². The molecule has 1 fully saturated rings. The molecule has 1 aromatic carbocycles. The number of piperazine rings is 1. The predicted octanol–water partition coefficient (Wildman–Crippen LogP) is 2.85. The highest BCUT2D eigenvalue weighted by Gasteiger charge is 2.33. The van der Waals surface area contributed by atoms with E-state index in [9.17, 15) is 9.59 Å². The third-order valence-electron chi connectivity index (χ3n) is 6.01. The van der Waals surface area contributed by atoms with Crippen LogP contribution < -0.4 is 15.0 Å². The maximum Gasteiger partial charge on any atom is 0.409 e. The molecule has 0 spiro atoms. The molecule has 2 amide bonds. The van der Waals surface area contributed by atoms with Crippen molar-refractivity contribution < 1.29 is 19.1 Å². The van der Waals surface area contributed by atoms with Crippen LogP contribution >= 0.6 is 11.6 Å². The van der Waals surface area contributed by atoms with Crippen LogP contribution in [-0.2, 0) is 9.53 Å². The first-order valence-corrected chi connectivity index (χ1v) is 11.8. The first-order chi connectivity index (χ1) is 17.4. The summed E-state index contributed by atoms with van der Waals surface area (Å²) >= 11 is 6.32. The van der Waals surface area contributed by atoms with Gasteiger partial charge < -0.3 is 24.6 Å². The number of amides is 2. The molecular weight excluding hydrogens is 486 g/mol. The Morgan fingerprint density at radius 1 is 1.22 bits per heavy atom. The molecule has 1 aliphatic rings. The fourth-order valence-electron chi connectivity index (χ4n) is 4.17. The maximum absolute atomic E-state index is 13.1. The molecule has 11 nitrogen and oxygen atoms in total. The standard InChI is InChI=1S/C24H28ClN7O4/c1-16(17-5-4-6-19(11-17)35-2)27-22(33)12-18-14-30(24(34)36-3)9-10-32(18)21-13-20(25)28-23(29-21)31-8-7-26-15-31/h4-8,11,13,15-16,18H,9-10,12,14H2,1-3H3,(H,27,33). The Bertz CT molecular complexity index is 1210. The molecule has 2 aromatic heterocycles. The van der Waals surface area contributed by atoms with E-state index in [2.05, 4.69) is 20.3 Å². The average Bonchev–Trinajstić information content (AvgIpc) is 3.43. The highest BCUT2D eigenvalue weighted by atomic mass is 35.5. The molecule has 1 N–H and O–H groups in total. The summed E-state index contributed by atoms with van der Waals surface area (Å²) in [5.41, 5.74) is 0.923. The second kappa shape index (κ2) is 11.3. The lowest BCUT2D eigenvalue weighted by molar-refractivity contribution is -0.122. The van der Waals surface area contributed by atoms with Crippen LogP contribution in [0.5, 0.6) is 5.75 Å². The highest BCUT2D eigenvalue weighted by molar-refractivity contribution is 6.29. The van der Waals surface area contributed by atoms with Crippen molar-refractivity contribution in [2.24, 2.45) is 0 Å². The van der Waals surface area contributed by atoms with Crippen molar-refractivity contribution in [3.63, 3.8) is 0 Å². The van der Waals surface area contributed by atoms with Gasteiger partial charge in [-0.15, -0.1) is 0 Å². The number of methoxy groups -OCH3 is 2. The summed E-state index contributed by atoms with van der Waals surface area (Å²) in [5, 5.41) is 3.30. The molecule has 0 aliphatic carbocycles. The van der Waals surface area contributed by atoms with Gasteiger partial charge in [-0.25, -0.2) is 14.8 Å². The van der Waals surface area contributed by atoms with Crippen LogP contribution in [0.1, 0.15) is 24.9 Å². The number of carbonyl (C=O) groups excluding carboxylic acids is 2. The second-order valence-corrected chi connectivity index (χ2v) is 8.74. The van der Waals surface area contributed by atoms with Crippen LogP contribution in [-0.4, -0.2) is 76.3 Å². The van der Waals surface area contributed by atoms with Crippen molar-refractivity contribution >= 4 is 29.4 Å². The third kappa shape index (κ3) is 5.85. The van der Waals surface area contributed by atoms with Crippen molar-refractivity contribution in [3.05, 3.63) is 59.8 Å². The maximum atomic E-state index is 13.1. The quantitative estimate of drug-likeness (QED) is 0.480. The number of carbonyl (C=O) groups is 2. The van der Waals surface area contributed by atoms with Gasteiger partial charge in [-0.05, 0) is 24.6 Å². The number of rotatable bonds is 7.